The molecule has 1 aromatic rings. The molecule has 15 heavy (non-hydrogen) atoms. The van der Waals surface area contributed by atoms with Gasteiger partial charge in [-0.15, -0.1) is 0 Å². The van der Waals surface area contributed by atoms with Crippen molar-refractivity contribution in [2.75, 3.05) is 11.9 Å². The predicted molar refractivity (Wildman–Crippen MR) is 57.5 cm³/mol. The molecule has 1 rings (SSSR count). The Morgan fingerprint density at radius 1 is 1.53 bits per heavy atom. The summed E-state index contributed by atoms with van der Waals surface area (Å²) in [6.45, 7) is 1.63. The van der Waals surface area contributed by atoms with Crippen molar-refractivity contribution in [3.63, 3.8) is 0 Å². The fourth-order valence-electron chi connectivity index (χ4n) is 1.10. The van der Waals surface area contributed by atoms with E-state index in [0.717, 1.165) is 4.90 Å². The average molecular weight is 229 g/mol. The van der Waals surface area contributed by atoms with E-state index in [2.05, 4.69) is 0 Å². The van der Waals surface area contributed by atoms with Gasteiger partial charge in [0.1, 0.15) is 0 Å². The predicted octanol–water partition coefficient (Wildman–Crippen LogP) is 2.70. The zero-order valence-corrected chi connectivity index (χ0v) is 8.99. The second-order valence-electron chi connectivity index (χ2n) is 3.04. The van der Waals surface area contributed by atoms with Gasteiger partial charge in [0.05, 0.1) is 10.6 Å². The summed E-state index contributed by atoms with van der Waals surface area (Å²) in [5, 5.41) is 9.95. The molecule has 0 spiro atoms. The summed E-state index contributed by atoms with van der Waals surface area (Å²) in [7, 11) is 1.45. The Hall–Kier alpha value is -1.62. The molecular weight excluding hydrogens is 220 g/mol. The molecule has 1 aromatic carbocycles. The van der Waals surface area contributed by atoms with Gasteiger partial charge in [0.25, 0.3) is 5.69 Å². The van der Waals surface area contributed by atoms with Crippen LogP contribution in [0.4, 0.5) is 16.2 Å². The van der Waals surface area contributed by atoms with E-state index in [1.165, 1.54) is 13.1 Å². The van der Waals surface area contributed by atoms with Crippen LogP contribution in [0.1, 0.15) is 5.56 Å². The molecule has 0 unspecified atom stereocenters. The number of rotatable bonds is 2. The molecule has 0 heterocycles. The van der Waals surface area contributed by atoms with Crippen LogP contribution in [0.5, 0.6) is 0 Å². The summed E-state index contributed by atoms with van der Waals surface area (Å²) < 4.78 is 0. The average Bonchev–Trinajstić information content (AvgIpc) is 2.16. The van der Waals surface area contributed by atoms with Crippen molar-refractivity contribution in [3.8, 4) is 0 Å². The summed E-state index contributed by atoms with van der Waals surface area (Å²) >= 11 is 5.25. The Labute approximate surface area is 91.4 Å². The van der Waals surface area contributed by atoms with Crippen molar-refractivity contribution in [2.45, 2.75) is 6.92 Å². The van der Waals surface area contributed by atoms with Crippen LogP contribution in [0.15, 0.2) is 18.2 Å². The van der Waals surface area contributed by atoms with Crippen molar-refractivity contribution >= 4 is 28.3 Å². The molecule has 0 saturated heterocycles. The van der Waals surface area contributed by atoms with Gasteiger partial charge >= 0.3 is 5.37 Å². The normalized spacial score (nSPS) is 9.80. The van der Waals surface area contributed by atoms with Crippen LogP contribution in [-0.4, -0.2) is 17.3 Å². The van der Waals surface area contributed by atoms with E-state index in [0.29, 0.717) is 11.3 Å². The topological polar surface area (TPSA) is 63.5 Å². The molecular formula is C9H9ClN2O3. The first-order chi connectivity index (χ1) is 6.93. The molecule has 0 aromatic heterocycles. The van der Waals surface area contributed by atoms with Crippen molar-refractivity contribution in [3.05, 3.63) is 33.9 Å². The van der Waals surface area contributed by atoms with Gasteiger partial charge in [0.2, 0.25) is 0 Å². The Morgan fingerprint density at radius 3 is 2.60 bits per heavy atom. The fourth-order valence-corrected chi connectivity index (χ4v) is 1.20. The number of halogens is 1. The minimum Gasteiger partial charge on any atom is -0.302 e. The minimum atomic E-state index is -0.687. The summed E-state index contributed by atoms with van der Waals surface area (Å²) in [5.74, 6) is 0. The van der Waals surface area contributed by atoms with Crippen molar-refractivity contribution in [1.29, 1.82) is 0 Å². The standard InChI is InChI=1S/C9H9ClN2O3/c1-6-3-4-7(11(2)9(10)13)5-8(6)12(14)15/h3-5H,1-2H3. The number of amides is 1. The van der Waals surface area contributed by atoms with E-state index in [4.69, 9.17) is 11.6 Å². The monoisotopic (exact) mass is 228 g/mol. The first-order valence-electron chi connectivity index (χ1n) is 4.11. The van der Waals surface area contributed by atoms with Crippen LogP contribution in [0.2, 0.25) is 0 Å². The molecule has 0 aliphatic heterocycles. The molecule has 0 aliphatic rings. The van der Waals surface area contributed by atoms with Crippen LogP contribution in [-0.2, 0) is 0 Å². The molecule has 5 nitrogen and oxygen atoms in total. The smallest absolute Gasteiger partial charge is 0.302 e. The lowest BCUT2D eigenvalue weighted by Crippen LogP contribution is -2.19. The van der Waals surface area contributed by atoms with Gasteiger partial charge in [-0.3, -0.25) is 14.9 Å². The van der Waals surface area contributed by atoms with Crippen molar-refractivity contribution in [1.82, 2.24) is 0 Å². The number of anilines is 1. The number of carbonyl (C=O) groups is 1. The number of hydrogen-bond donors (Lipinski definition) is 0. The van der Waals surface area contributed by atoms with Crippen molar-refractivity contribution in [2.24, 2.45) is 0 Å². The number of aryl methyl sites for hydroxylation is 1. The lowest BCUT2D eigenvalue weighted by molar-refractivity contribution is -0.385. The van der Waals surface area contributed by atoms with Gasteiger partial charge in [-0.05, 0) is 24.6 Å². The SMILES string of the molecule is Cc1ccc(N(C)C(=O)Cl)cc1[N+](=O)[O-]. The van der Waals surface area contributed by atoms with Crippen LogP contribution in [0.25, 0.3) is 0 Å². The number of benzene rings is 1. The highest BCUT2D eigenvalue weighted by molar-refractivity contribution is 6.66. The summed E-state index contributed by atoms with van der Waals surface area (Å²) in [4.78, 5) is 22.1. The number of nitrogens with zero attached hydrogens (tertiary/aromatic N) is 2. The highest BCUT2D eigenvalue weighted by Gasteiger charge is 2.15. The van der Waals surface area contributed by atoms with Gasteiger partial charge in [-0.1, -0.05) is 6.07 Å². The zero-order chi connectivity index (χ0) is 11.6. The highest BCUT2D eigenvalue weighted by Crippen LogP contribution is 2.24. The quantitative estimate of drug-likeness (QED) is 0.338. The third-order valence-corrected chi connectivity index (χ3v) is 2.29. The van der Waals surface area contributed by atoms with E-state index >= 15 is 0 Å². The van der Waals surface area contributed by atoms with E-state index in [9.17, 15) is 14.9 Å². The molecule has 0 saturated carbocycles. The Bertz CT molecular complexity index is 420. The maximum absolute atomic E-state index is 10.8. The van der Waals surface area contributed by atoms with Gasteiger partial charge in [-0.25, -0.2) is 0 Å². The Balaban J connectivity index is 3.18. The van der Waals surface area contributed by atoms with Gasteiger partial charge in [0.15, 0.2) is 0 Å². The second kappa shape index (κ2) is 4.27. The molecule has 0 N–H and O–H groups in total. The summed E-state index contributed by atoms with van der Waals surface area (Å²) in [6.07, 6.45) is 0. The Morgan fingerprint density at radius 2 is 2.13 bits per heavy atom. The van der Waals surface area contributed by atoms with Crippen LogP contribution >= 0.6 is 11.6 Å². The van der Waals surface area contributed by atoms with E-state index < -0.39 is 10.3 Å². The number of carbonyl (C=O) groups excluding carboxylic acids is 1. The van der Waals surface area contributed by atoms with Gasteiger partial charge < -0.3 is 4.90 Å². The number of nitro benzene ring substituents is 1. The lowest BCUT2D eigenvalue weighted by Gasteiger charge is -2.13. The number of hydrogen-bond acceptors (Lipinski definition) is 3. The van der Waals surface area contributed by atoms with Crippen LogP contribution in [0, 0.1) is 17.0 Å². The van der Waals surface area contributed by atoms with Crippen LogP contribution < -0.4 is 4.90 Å². The molecule has 0 aliphatic carbocycles. The third kappa shape index (κ3) is 2.44. The minimum absolute atomic E-state index is 0.0303. The molecule has 0 bridgehead atoms. The summed E-state index contributed by atoms with van der Waals surface area (Å²) in [6, 6.07) is 4.49. The summed E-state index contributed by atoms with van der Waals surface area (Å²) in [5.41, 5.74) is 0.906. The first kappa shape index (κ1) is 11.5. The molecule has 80 valence electrons. The molecule has 6 heteroatoms. The van der Waals surface area contributed by atoms with Crippen molar-refractivity contribution < 1.29 is 9.72 Å². The molecule has 0 fully saturated rings. The third-order valence-electron chi connectivity index (χ3n) is 2.04. The van der Waals surface area contributed by atoms with Gasteiger partial charge in [-0.2, -0.15) is 0 Å². The fraction of sp³-hybridized carbons (Fsp3) is 0.222. The maximum atomic E-state index is 10.8. The van der Waals surface area contributed by atoms with E-state index in [1.807, 2.05) is 0 Å². The molecule has 0 radical (unpaired) electrons. The van der Waals surface area contributed by atoms with Gasteiger partial charge in [0, 0.05) is 18.7 Å². The van der Waals surface area contributed by atoms with E-state index in [-0.39, 0.29) is 5.69 Å². The highest BCUT2D eigenvalue weighted by atomic mass is 35.5. The van der Waals surface area contributed by atoms with E-state index in [1.54, 1.807) is 19.1 Å². The Kier molecular flexibility index (Phi) is 3.26. The zero-order valence-electron chi connectivity index (χ0n) is 8.23. The first-order valence-corrected chi connectivity index (χ1v) is 4.49. The lowest BCUT2D eigenvalue weighted by atomic mass is 10.2. The second-order valence-corrected chi connectivity index (χ2v) is 3.36. The molecule has 1 amide bonds. The largest absolute Gasteiger partial charge is 0.320 e. The maximum Gasteiger partial charge on any atom is 0.320 e. The van der Waals surface area contributed by atoms with Crippen LogP contribution in [0.3, 0.4) is 0 Å². The number of nitro groups is 1. The molecule has 0 atom stereocenters.